The van der Waals surface area contributed by atoms with Gasteiger partial charge in [0.1, 0.15) is 17.0 Å². The number of anilines is 1. The average molecular weight is 324 g/mol. The second-order valence-electron chi connectivity index (χ2n) is 6.29. The molecule has 1 unspecified atom stereocenters. The van der Waals surface area contributed by atoms with Crippen LogP contribution in [-0.2, 0) is 9.59 Å². The number of carbonyl (C=O) groups excluding carboxylic acids is 1. The quantitative estimate of drug-likeness (QED) is 0.810. The van der Waals surface area contributed by atoms with Crippen molar-refractivity contribution in [3.05, 3.63) is 29.8 Å². The van der Waals surface area contributed by atoms with Crippen LogP contribution in [0.2, 0.25) is 0 Å². The number of carboxylic acid groups (broad SMARTS) is 1. The zero-order valence-electron chi connectivity index (χ0n) is 12.5. The third kappa shape index (κ3) is 3.00. The van der Waals surface area contributed by atoms with Gasteiger partial charge < -0.3 is 15.3 Å². The number of hydrogen-bond donors (Lipinski definition) is 2. The van der Waals surface area contributed by atoms with Crippen LogP contribution in [0, 0.1) is 23.0 Å². The van der Waals surface area contributed by atoms with E-state index in [9.17, 15) is 18.4 Å². The van der Waals surface area contributed by atoms with Crippen LogP contribution >= 0.6 is 0 Å². The van der Waals surface area contributed by atoms with Gasteiger partial charge in [0.25, 0.3) is 0 Å². The molecule has 1 saturated carbocycles. The number of aliphatic carboxylic acids is 1. The van der Waals surface area contributed by atoms with Gasteiger partial charge in [-0.15, -0.1) is 0 Å². The van der Waals surface area contributed by atoms with Crippen LogP contribution in [0.5, 0.6) is 0 Å². The van der Waals surface area contributed by atoms with Gasteiger partial charge in [0.05, 0.1) is 5.69 Å². The highest BCUT2D eigenvalue weighted by Crippen LogP contribution is 2.46. The van der Waals surface area contributed by atoms with Gasteiger partial charge in [-0.3, -0.25) is 9.59 Å². The van der Waals surface area contributed by atoms with Crippen molar-refractivity contribution in [3.63, 3.8) is 0 Å². The van der Waals surface area contributed by atoms with Crippen LogP contribution in [0.4, 0.5) is 14.5 Å². The van der Waals surface area contributed by atoms with Gasteiger partial charge in [0.2, 0.25) is 5.91 Å². The topological polar surface area (TPSA) is 69.6 Å². The fraction of sp³-hybridized carbons (Fsp3) is 0.500. The molecule has 1 aromatic rings. The number of nitrogens with one attached hydrogen (secondary N) is 1. The summed E-state index contributed by atoms with van der Waals surface area (Å²) < 4.78 is 26.7. The first-order valence-electron chi connectivity index (χ1n) is 7.64. The number of carboxylic acids is 1. The highest BCUT2D eigenvalue weighted by molar-refractivity contribution is 6.04. The number of amides is 1. The summed E-state index contributed by atoms with van der Waals surface area (Å²) in [6, 6.07) is 3.49. The normalized spacial score (nSPS) is 22.0. The van der Waals surface area contributed by atoms with Crippen LogP contribution in [-0.4, -0.2) is 36.6 Å². The van der Waals surface area contributed by atoms with E-state index in [0.29, 0.717) is 38.2 Å². The van der Waals surface area contributed by atoms with Crippen LogP contribution in [0.15, 0.2) is 18.2 Å². The Bertz CT molecular complexity index is 646. The van der Waals surface area contributed by atoms with Gasteiger partial charge in [-0.2, -0.15) is 0 Å². The van der Waals surface area contributed by atoms with Gasteiger partial charge in [-0.05, 0) is 37.3 Å². The molecule has 1 aliphatic heterocycles. The van der Waals surface area contributed by atoms with E-state index in [1.54, 1.807) is 0 Å². The highest BCUT2D eigenvalue weighted by Gasteiger charge is 2.57. The molecule has 2 aliphatic rings. The van der Waals surface area contributed by atoms with E-state index in [1.165, 1.54) is 12.1 Å². The minimum Gasteiger partial charge on any atom is -0.480 e. The first kappa shape index (κ1) is 15.7. The summed E-state index contributed by atoms with van der Waals surface area (Å²) in [4.78, 5) is 24.9. The van der Waals surface area contributed by atoms with Crippen molar-refractivity contribution in [2.75, 3.05) is 24.5 Å². The van der Waals surface area contributed by atoms with Crippen molar-refractivity contribution in [3.8, 4) is 0 Å². The van der Waals surface area contributed by atoms with Crippen molar-refractivity contribution in [1.29, 1.82) is 0 Å². The number of carbonyl (C=O) groups is 2. The van der Waals surface area contributed by atoms with E-state index in [0.717, 1.165) is 12.5 Å². The van der Waals surface area contributed by atoms with E-state index in [2.05, 4.69) is 5.32 Å². The van der Waals surface area contributed by atoms with Gasteiger partial charge >= 0.3 is 5.97 Å². The highest BCUT2D eigenvalue weighted by atomic mass is 19.1. The summed E-state index contributed by atoms with van der Waals surface area (Å²) in [5, 5.41) is 11.8. The van der Waals surface area contributed by atoms with E-state index in [-0.39, 0.29) is 5.92 Å². The molecule has 2 fully saturated rings. The molecule has 3 rings (SSSR count). The molecule has 1 heterocycles. The third-order valence-electron chi connectivity index (χ3n) is 4.68. The van der Waals surface area contributed by atoms with Crippen LogP contribution in [0.25, 0.3) is 0 Å². The molecule has 124 valence electrons. The van der Waals surface area contributed by atoms with Crippen LogP contribution in [0.3, 0.4) is 0 Å². The first-order chi connectivity index (χ1) is 10.9. The van der Waals surface area contributed by atoms with E-state index in [1.807, 2.05) is 4.90 Å². The van der Waals surface area contributed by atoms with Crippen molar-refractivity contribution in [2.45, 2.75) is 19.3 Å². The fourth-order valence-electron chi connectivity index (χ4n) is 3.03. The summed E-state index contributed by atoms with van der Waals surface area (Å²) in [6.07, 6.45) is 1.52. The molecular weight excluding hydrogens is 306 g/mol. The van der Waals surface area contributed by atoms with Crippen molar-refractivity contribution in [1.82, 2.24) is 5.32 Å². The maximum Gasteiger partial charge on any atom is 0.319 e. The summed E-state index contributed by atoms with van der Waals surface area (Å²) in [7, 11) is 0. The minimum atomic E-state index is -1.23. The Kier molecular flexibility index (Phi) is 3.95. The van der Waals surface area contributed by atoms with Crippen molar-refractivity contribution >= 4 is 17.6 Å². The molecule has 1 saturated heterocycles. The lowest BCUT2D eigenvalue weighted by atomic mass is 10.1. The van der Waals surface area contributed by atoms with Crippen LogP contribution < -0.4 is 10.2 Å². The zero-order valence-corrected chi connectivity index (χ0v) is 12.5. The maximum absolute atomic E-state index is 13.8. The number of hydrogen-bond acceptors (Lipinski definition) is 3. The number of benzene rings is 1. The van der Waals surface area contributed by atoms with Gasteiger partial charge in [0.15, 0.2) is 0 Å². The molecule has 1 aromatic carbocycles. The fourth-order valence-corrected chi connectivity index (χ4v) is 3.03. The Morgan fingerprint density at radius 2 is 2.09 bits per heavy atom. The zero-order chi connectivity index (χ0) is 16.6. The Labute approximate surface area is 132 Å². The van der Waals surface area contributed by atoms with Gasteiger partial charge in [-0.25, -0.2) is 8.78 Å². The Morgan fingerprint density at radius 3 is 2.70 bits per heavy atom. The summed E-state index contributed by atoms with van der Waals surface area (Å²) in [6.45, 7) is 1.53. The monoisotopic (exact) mass is 324 g/mol. The molecule has 5 nitrogen and oxygen atoms in total. The predicted octanol–water partition coefficient (Wildman–Crippen LogP) is 1.77. The lowest BCUT2D eigenvalue weighted by Gasteiger charge is -2.20. The number of halogens is 2. The molecule has 0 spiro atoms. The maximum atomic E-state index is 13.8. The predicted molar refractivity (Wildman–Crippen MR) is 79.0 cm³/mol. The first-order valence-corrected chi connectivity index (χ1v) is 7.64. The molecule has 1 amide bonds. The Morgan fingerprint density at radius 1 is 1.35 bits per heavy atom. The van der Waals surface area contributed by atoms with E-state index < -0.39 is 28.9 Å². The SMILES string of the molecule is O=C(O)C1(C(=O)NCC2CCN(c3ccc(F)cc3F)C2)CC1. The standard InChI is InChI=1S/C16H18F2N2O3/c17-11-1-2-13(12(18)7-11)20-6-3-10(9-20)8-19-14(21)16(4-5-16)15(22)23/h1-2,7,10H,3-6,8-9H2,(H,19,21)(H,22,23). The molecule has 0 radical (unpaired) electrons. The molecule has 0 bridgehead atoms. The smallest absolute Gasteiger partial charge is 0.319 e. The minimum absolute atomic E-state index is 0.119. The lowest BCUT2D eigenvalue weighted by molar-refractivity contribution is -0.149. The summed E-state index contributed by atoms with van der Waals surface area (Å²) >= 11 is 0. The number of nitrogens with zero attached hydrogens (tertiary/aromatic N) is 1. The van der Waals surface area contributed by atoms with Crippen molar-refractivity contribution in [2.24, 2.45) is 11.3 Å². The Hall–Kier alpha value is -2.18. The van der Waals surface area contributed by atoms with Gasteiger partial charge in [0, 0.05) is 25.7 Å². The molecule has 23 heavy (non-hydrogen) atoms. The molecule has 2 N–H and O–H groups in total. The van der Waals surface area contributed by atoms with E-state index >= 15 is 0 Å². The lowest BCUT2D eigenvalue weighted by Crippen LogP contribution is -2.39. The number of rotatable bonds is 5. The molecular formula is C16H18F2N2O3. The summed E-state index contributed by atoms with van der Waals surface area (Å²) in [5.41, 5.74) is -0.883. The molecule has 0 aromatic heterocycles. The Balaban J connectivity index is 1.54. The second kappa shape index (κ2) is 5.79. The van der Waals surface area contributed by atoms with Crippen molar-refractivity contribution < 1.29 is 23.5 Å². The summed E-state index contributed by atoms with van der Waals surface area (Å²) in [5.74, 6) is -2.60. The van der Waals surface area contributed by atoms with Crippen LogP contribution in [0.1, 0.15) is 19.3 Å². The van der Waals surface area contributed by atoms with E-state index in [4.69, 9.17) is 5.11 Å². The molecule has 1 atom stereocenters. The molecule has 7 heteroatoms. The molecule has 1 aliphatic carbocycles. The van der Waals surface area contributed by atoms with Gasteiger partial charge in [-0.1, -0.05) is 0 Å². The largest absolute Gasteiger partial charge is 0.480 e. The average Bonchev–Trinajstić information content (AvgIpc) is 3.19. The third-order valence-corrected chi connectivity index (χ3v) is 4.68. The second-order valence-corrected chi connectivity index (χ2v) is 6.29.